The van der Waals surface area contributed by atoms with Gasteiger partial charge in [0.15, 0.2) is 5.78 Å². The molecule has 1 aromatic carbocycles. The number of Topliss-reactive ketones (excluding diaryl/α,β-unsaturated/α-hetero) is 1. The third-order valence-electron chi connectivity index (χ3n) is 2.98. The molecule has 100 valence electrons. The molecule has 0 heterocycles. The van der Waals surface area contributed by atoms with E-state index in [1.807, 2.05) is 24.3 Å². The number of hydrogen-bond donors (Lipinski definition) is 0. The number of rotatable bonds is 4. The summed E-state index contributed by atoms with van der Waals surface area (Å²) < 4.78 is 10.2. The molecule has 1 aromatic rings. The van der Waals surface area contributed by atoms with Gasteiger partial charge in [0.05, 0.1) is 13.5 Å². The average molecular weight is 260 g/mol. The van der Waals surface area contributed by atoms with Gasteiger partial charge < -0.3 is 9.47 Å². The van der Waals surface area contributed by atoms with Gasteiger partial charge in [-0.1, -0.05) is 12.1 Å². The van der Waals surface area contributed by atoms with Crippen molar-refractivity contribution < 1.29 is 19.1 Å². The van der Waals surface area contributed by atoms with Gasteiger partial charge in [0.25, 0.3) is 0 Å². The van der Waals surface area contributed by atoms with Crippen molar-refractivity contribution in [2.75, 3.05) is 7.11 Å². The molecule has 0 saturated carbocycles. The van der Waals surface area contributed by atoms with Crippen molar-refractivity contribution in [2.24, 2.45) is 0 Å². The Bertz CT molecular complexity index is 531. The van der Waals surface area contributed by atoms with Crippen LogP contribution in [0.3, 0.4) is 0 Å². The summed E-state index contributed by atoms with van der Waals surface area (Å²) in [6.45, 7) is 1.35. The molecule has 2 rings (SSSR count). The Morgan fingerprint density at radius 2 is 2.21 bits per heavy atom. The molecule has 0 unspecified atom stereocenters. The number of allylic oxidation sites excluding steroid dienone is 1. The minimum atomic E-state index is -0.411. The topological polar surface area (TPSA) is 52.6 Å². The summed E-state index contributed by atoms with van der Waals surface area (Å²) in [6, 6.07) is 7.58. The van der Waals surface area contributed by atoms with Gasteiger partial charge in [-0.3, -0.25) is 9.59 Å². The fourth-order valence-electron chi connectivity index (χ4n) is 2.14. The largest absolute Gasteiger partial charge is 0.497 e. The van der Waals surface area contributed by atoms with Crippen LogP contribution in [0.4, 0.5) is 0 Å². The van der Waals surface area contributed by atoms with Crippen LogP contribution in [0.15, 0.2) is 35.9 Å². The zero-order valence-electron chi connectivity index (χ0n) is 11.0. The smallest absolute Gasteiger partial charge is 0.303 e. The predicted molar refractivity (Wildman–Crippen MR) is 70.0 cm³/mol. The number of ether oxygens (including phenoxy) is 2. The van der Waals surface area contributed by atoms with E-state index in [0.29, 0.717) is 12.0 Å². The molecule has 1 atom stereocenters. The van der Waals surface area contributed by atoms with E-state index in [1.165, 1.54) is 6.92 Å². The molecule has 0 spiro atoms. The lowest BCUT2D eigenvalue weighted by Gasteiger charge is -2.05. The van der Waals surface area contributed by atoms with Gasteiger partial charge in [0, 0.05) is 13.3 Å². The number of carbonyl (C=O) groups excluding carboxylic acids is 2. The number of esters is 1. The Labute approximate surface area is 112 Å². The Morgan fingerprint density at radius 3 is 2.89 bits per heavy atom. The first-order valence-electron chi connectivity index (χ1n) is 6.12. The first-order valence-corrected chi connectivity index (χ1v) is 6.12. The normalized spacial score (nSPS) is 18.1. The van der Waals surface area contributed by atoms with E-state index >= 15 is 0 Å². The van der Waals surface area contributed by atoms with E-state index in [1.54, 1.807) is 13.2 Å². The van der Waals surface area contributed by atoms with E-state index in [9.17, 15) is 9.59 Å². The zero-order chi connectivity index (χ0) is 13.8. The molecule has 0 amide bonds. The lowest BCUT2D eigenvalue weighted by Crippen LogP contribution is -2.12. The number of ketones is 1. The van der Waals surface area contributed by atoms with Crippen molar-refractivity contribution >= 4 is 11.8 Å². The third kappa shape index (κ3) is 3.44. The van der Waals surface area contributed by atoms with Crippen LogP contribution in [0.1, 0.15) is 18.9 Å². The first kappa shape index (κ1) is 13.3. The van der Waals surface area contributed by atoms with Crippen LogP contribution in [0.2, 0.25) is 0 Å². The molecule has 19 heavy (non-hydrogen) atoms. The van der Waals surface area contributed by atoms with Crippen molar-refractivity contribution in [3.8, 4) is 5.75 Å². The third-order valence-corrected chi connectivity index (χ3v) is 2.98. The van der Waals surface area contributed by atoms with Crippen molar-refractivity contribution in [2.45, 2.75) is 25.9 Å². The standard InChI is InChI=1S/C15H16O4/c1-10(16)19-14-8-12(15(17)9-14)6-11-4-3-5-13(7-11)18-2/h3-5,7-8,14H,6,9H2,1-2H3/t14-/m0/s1. The summed E-state index contributed by atoms with van der Waals surface area (Å²) in [5, 5.41) is 0. The Hall–Kier alpha value is -2.10. The van der Waals surface area contributed by atoms with Crippen LogP contribution < -0.4 is 4.74 Å². The van der Waals surface area contributed by atoms with Gasteiger partial charge in [-0.05, 0) is 29.3 Å². The van der Waals surface area contributed by atoms with E-state index in [2.05, 4.69) is 0 Å². The zero-order valence-corrected chi connectivity index (χ0v) is 11.0. The van der Waals surface area contributed by atoms with Gasteiger partial charge in [-0.2, -0.15) is 0 Å². The number of hydrogen-bond acceptors (Lipinski definition) is 4. The molecule has 0 bridgehead atoms. The van der Waals surface area contributed by atoms with Crippen LogP contribution in [0, 0.1) is 0 Å². The lowest BCUT2D eigenvalue weighted by atomic mass is 10.0. The highest BCUT2D eigenvalue weighted by Crippen LogP contribution is 2.23. The molecule has 0 N–H and O–H groups in total. The fourth-order valence-corrected chi connectivity index (χ4v) is 2.14. The summed E-state index contributed by atoms with van der Waals surface area (Å²) in [5.41, 5.74) is 1.70. The molecule has 1 aliphatic rings. The summed E-state index contributed by atoms with van der Waals surface area (Å²) in [6.07, 6.45) is 2.11. The Morgan fingerprint density at radius 1 is 1.42 bits per heavy atom. The Kier molecular flexibility index (Phi) is 4.00. The van der Waals surface area contributed by atoms with Crippen molar-refractivity contribution in [1.29, 1.82) is 0 Å². The summed E-state index contributed by atoms with van der Waals surface area (Å²) >= 11 is 0. The van der Waals surface area contributed by atoms with Crippen LogP contribution in [0.25, 0.3) is 0 Å². The quantitative estimate of drug-likeness (QED) is 0.778. The van der Waals surface area contributed by atoms with Crippen LogP contribution >= 0.6 is 0 Å². The predicted octanol–water partition coefficient (Wildman–Crippen LogP) is 2.07. The number of methoxy groups -OCH3 is 1. The number of carbonyl (C=O) groups is 2. The van der Waals surface area contributed by atoms with Gasteiger partial charge >= 0.3 is 5.97 Å². The van der Waals surface area contributed by atoms with Gasteiger partial charge in [-0.25, -0.2) is 0 Å². The monoisotopic (exact) mass is 260 g/mol. The van der Waals surface area contributed by atoms with E-state index < -0.39 is 6.10 Å². The summed E-state index contributed by atoms with van der Waals surface area (Å²) in [4.78, 5) is 22.7. The minimum absolute atomic E-state index is 0.0362. The maximum absolute atomic E-state index is 11.8. The van der Waals surface area contributed by atoms with Gasteiger partial charge in [-0.15, -0.1) is 0 Å². The second-order valence-corrected chi connectivity index (χ2v) is 4.50. The molecule has 4 heteroatoms. The van der Waals surface area contributed by atoms with Crippen molar-refractivity contribution in [3.05, 3.63) is 41.5 Å². The highest BCUT2D eigenvalue weighted by Gasteiger charge is 2.25. The summed E-state index contributed by atoms with van der Waals surface area (Å²) in [7, 11) is 1.61. The van der Waals surface area contributed by atoms with E-state index in [4.69, 9.17) is 9.47 Å². The molecule has 0 aromatic heterocycles. The molecular weight excluding hydrogens is 244 g/mol. The van der Waals surface area contributed by atoms with Crippen molar-refractivity contribution in [3.63, 3.8) is 0 Å². The Balaban J connectivity index is 2.09. The molecule has 1 aliphatic carbocycles. The highest BCUT2D eigenvalue weighted by molar-refractivity contribution is 5.99. The SMILES string of the molecule is COc1cccc(CC2=C[C@H](OC(C)=O)CC2=O)c1. The molecule has 0 saturated heterocycles. The van der Waals surface area contributed by atoms with Gasteiger partial charge in [0.2, 0.25) is 0 Å². The summed E-state index contributed by atoms with van der Waals surface area (Å²) in [5.74, 6) is 0.436. The fraction of sp³-hybridized carbons (Fsp3) is 0.333. The molecule has 0 aliphatic heterocycles. The number of benzene rings is 1. The van der Waals surface area contributed by atoms with Crippen LogP contribution in [-0.2, 0) is 20.7 Å². The first-order chi connectivity index (χ1) is 9.08. The maximum atomic E-state index is 11.8. The minimum Gasteiger partial charge on any atom is -0.497 e. The second kappa shape index (κ2) is 5.69. The molecular formula is C15H16O4. The van der Waals surface area contributed by atoms with Crippen LogP contribution in [-0.4, -0.2) is 25.0 Å². The van der Waals surface area contributed by atoms with Crippen molar-refractivity contribution in [1.82, 2.24) is 0 Å². The van der Waals surface area contributed by atoms with Crippen LogP contribution in [0.5, 0.6) is 5.75 Å². The average Bonchev–Trinajstić information content (AvgIpc) is 2.69. The maximum Gasteiger partial charge on any atom is 0.303 e. The molecule has 0 radical (unpaired) electrons. The van der Waals surface area contributed by atoms with E-state index in [-0.39, 0.29) is 18.2 Å². The molecule has 4 nitrogen and oxygen atoms in total. The lowest BCUT2D eigenvalue weighted by molar-refractivity contribution is -0.144. The highest BCUT2D eigenvalue weighted by atomic mass is 16.5. The van der Waals surface area contributed by atoms with Gasteiger partial charge in [0.1, 0.15) is 11.9 Å². The second-order valence-electron chi connectivity index (χ2n) is 4.50. The van der Waals surface area contributed by atoms with E-state index in [0.717, 1.165) is 11.3 Å². The molecule has 0 fully saturated rings.